The molecule has 16 heavy (non-hydrogen) atoms. The summed E-state index contributed by atoms with van der Waals surface area (Å²) in [7, 11) is 0. The van der Waals surface area contributed by atoms with Gasteiger partial charge in [0.05, 0.1) is 6.54 Å². The molecule has 4 heteroatoms. The van der Waals surface area contributed by atoms with Gasteiger partial charge >= 0.3 is 6.09 Å². The van der Waals surface area contributed by atoms with E-state index >= 15 is 0 Å². The molecule has 2 N–H and O–H groups in total. The van der Waals surface area contributed by atoms with Crippen molar-refractivity contribution < 1.29 is 9.53 Å². The Morgan fingerprint density at radius 1 is 1.62 bits per heavy atom. The van der Waals surface area contributed by atoms with Gasteiger partial charge in [-0.25, -0.2) is 4.79 Å². The van der Waals surface area contributed by atoms with Gasteiger partial charge < -0.3 is 15.4 Å². The standard InChI is InChI=1S/C12H14N2O2/c1-2-6-14-8-11(16-12(14)15)9-4-3-5-10(13)7-9/h2-5,7,11H,1,6,8,13H2. The minimum atomic E-state index is -0.299. The molecule has 1 aliphatic heterocycles. The molecule has 1 unspecified atom stereocenters. The lowest BCUT2D eigenvalue weighted by Gasteiger charge is -2.10. The van der Waals surface area contributed by atoms with Crippen molar-refractivity contribution in [2.24, 2.45) is 0 Å². The van der Waals surface area contributed by atoms with E-state index in [1.54, 1.807) is 11.0 Å². The predicted molar refractivity (Wildman–Crippen MR) is 61.8 cm³/mol. The molecule has 2 rings (SSSR count). The van der Waals surface area contributed by atoms with Gasteiger partial charge in [0.2, 0.25) is 0 Å². The van der Waals surface area contributed by atoms with Gasteiger partial charge in [0, 0.05) is 12.2 Å². The molecule has 1 amide bonds. The summed E-state index contributed by atoms with van der Waals surface area (Å²) >= 11 is 0. The second-order valence-electron chi connectivity index (χ2n) is 3.74. The number of anilines is 1. The summed E-state index contributed by atoms with van der Waals surface area (Å²) < 4.78 is 5.25. The number of carbonyl (C=O) groups excluding carboxylic acids is 1. The molecular weight excluding hydrogens is 204 g/mol. The number of nitrogens with two attached hydrogens (primary N) is 1. The van der Waals surface area contributed by atoms with Crippen LogP contribution >= 0.6 is 0 Å². The van der Waals surface area contributed by atoms with E-state index in [9.17, 15) is 4.79 Å². The molecule has 0 bridgehead atoms. The Labute approximate surface area is 94.3 Å². The van der Waals surface area contributed by atoms with Crippen molar-refractivity contribution in [2.45, 2.75) is 6.10 Å². The number of carbonyl (C=O) groups is 1. The van der Waals surface area contributed by atoms with Crippen LogP contribution in [0.3, 0.4) is 0 Å². The SMILES string of the molecule is C=CCN1CC(c2cccc(N)c2)OC1=O. The van der Waals surface area contributed by atoms with Gasteiger partial charge in [0.15, 0.2) is 0 Å². The van der Waals surface area contributed by atoms with Gasteiger partial charge in [0.25, 0.3) is 0 Å². The number of benzene rings is 1. The molecule has 0 radical (unpaired) electrons. The largest absolute Gasteiger partial charge is 0.439 e. The van der Waals surface area contributed by atoms with Gasteiger partial charge in [-0.05, 0) is 17.7 Å². The number of nitrogens with zero attached hydrogens (tertiary/aromatic N) is 1. The Hall–Kier alpha value is -1.97. The molecular formula is C12H14N2O2. The van der Waals surface area contributed by atoms with E-state index in [1.807, 2.05) is 24.3 Å². The van der Waals surface area contributed by atoms with Crippen molar-refractivity contribution in [1.82, 2.24) is 4.90 Å². The third-order valence-electron chi connectivity index (χ3n) is 2.52. The van der Waals surface area contributed by atoms with Crippen LogP contribution in [-0.2, 0) is 4.74 Å². The summed E-state index contributed by atoms with van der Waals surface area (Å²) in [5, 5.41) is 0. The van der Waals surface area contributed by atoms with E-state index in [1.165, 1.54) is 0 Å². The van der Waals surface area contributed by atoms with Crippen LogP contribution in [0.5, 0.6) is 0 Å². The minimum Gasteiger partial charge on any atom is -0.439 e. The van der Waals surface area contributed by atoms with Gasteiger partial charge in [-0.15, -0.1) is 6.58 Å². The Morgan fingerprint density at radius 2 is 2.44 bits per heavy atom. The highest BCUT2D eigenvalue weighted by molar-refractivity contribution is 5.70. The molecule has 1 fully saturated rings. The lowest BCUT2D eigenvalue weighted by Crippen LogP contribution is -2.24. The highest BCUT2D eigenvalue weighted by Gasteiger charge is 2.31. The third kappa shape index (κ3) is 2.00. The van der Waals surface area contributed by atoms with Crippen LogP contribution in [-0.4, -0.2) is 24.1 Å². The van der Waals surface area contributed by atoms with Gasteiger partial charge in [0.1, 0.15) is 6.10 Å². The van der Waals surface area contributed by atoms with E-state index in [2.05, 4.69) is 6.58 Å². The smallest absolute Gasteiger partial charge is 0.410 e. The lowest BCUT2D eigenvalue weighted by atomic mass is 10.1. The molecule has 1 aromatic carbocycles. The molecule has 0 aromatic heterocycles. The number of hydrogen-bond donors (Lipinski definition) is 1. The van der Waals surface area contributed by atoms with Gasteiger partial charge in [-0.2, -0.15) is 0 Å². The first-order valence-electron chi connectivity index (χ1n) is 5.12. The maximum atomic E-state index is 11.5. The minimum absolute atomic E-state index is 0.226. The molecule has 0 aliphatic carbocycles. The second-order valence-corrected chi connectivity index (χ2v) is 3.74. The van der Waals surface area contributed by atoms with E-state index in [0.29, 0.717) is 18.8 Å². The van der Waals surface area contributed by atoms with Crippen LogP contribution in [0.15, 0.2) is 36.9 Å². The zero-order valence-corrected chi connectivity index (χ0v) is 8.93. The topological polar surface area (TPSA) is 55.6 Å². The Bertz CT molecular complexity index is 417. The quantitative estimate of drug-likeness (QED) is 0.623. The number of amides is 1. The predicted octanol–water partition coefficient (Wildman–Crippen LogP) is 1.95. The molecule has 1 atom stereocenters. The first-order valence-corrected chi connectivity index (χ1v) is 5.12. The summed E-state index contributed by atoms with van der Waals surface area (Å²) in [6.45, 7) is 4.66. The number of hydrogen-bond acceptors (Lipinski definition) is 3. The van der Waals surface area contributed by atoms with Crippen molar-refractivity contribution >= 4 is 11.8 Å². The zero-order valence-electron chi connectivity index (χ0n) is 8.93. The van der Waals surface area contributed by atoms with Crippen LogP contribution in [0, 0.1) is 0 Å². The van der Waals surface area contributed by atoms with Crippen LogP contribution in [0.1, 0.15) is 11.7 Å². The normalized spacial score (nSPS) is 19.6. The fourth-order valence-corrected chi connectivity index (χ4v) is 1.75. The first kappa shape index (κ1) is 10.5. The van der Waals surface area contributed by atoms with Crippen LogP contribution in [0.4, 0.5) is 10.5 Å². The van der Waals surface area contributed by atoms with Crippen LogP contribution in [0.25, 0.3) is 0 Å². The summed E-state index contributed by atoms with van der Waals surface area (Å²) in [5.41, 5.74) is 7.29. The van der Waals surface area contributed by atoms with Crippen molar-refractivity contribution in [1.29, 1.82) is 0 Å². The zero-order chi connectivity index (χ0) is 11.5. The molecule has 0 spiro atoms. The maximum Gasteiger partial charge on any atom is 0.410 e. The summed E-state index contributed by atoms with van der Waals surface area (Å²) in [4.78, 5) is 13.1. The third-order valence-corrected chi connectivity index (χ3v) is 2.52. The van der Waals surface area contributed by atoms with Gasteiger partial charge in [-0.3, -0.25) is 0 Å². The number of nitrogen functional groups attached to an aromatic ring is 1. The van der Waals surface area contributed by atoms with Crippen molar-refractivity contribution in [2.75, 3.05) is 18.8 Å². The number of ether oxygens (including phenoxy) is 1. The van der Waals surface area contributed by atoms with Gasteiger partial charge in [-0.1, -0.05) is 18.2 Å². The van der Waals surface area contributed by atoms with Crippen molar-refractivity contribution in [3.8, 4) is 0 Å². The molecule has 4 nitrogen and oxygen atoms in total. The average Bonchev–Trinajstić information content (AvgIpc) is 2.61. The van der Waals surface area contributed by atoms with Crippen LogP contribution < -0.4 is 5.73 Å². The highest BCUT2D eigenvalue weighted by atomic mass is 16.6. The first-order chi connectivity index (χ1) is 7.70. The molecule has 0 saturated carbocycles. The van der Waals surface area contributed by atoms with E-state index in [0.717, 1.165) is 5.56 Å². The Kier molecular flexibility index (Phi) is 2.81. The fourth-order valence-electron chi connectivity index (χ4n) is 1.75. The van der Waals surface area contributed by atoms with E-state index < -0.39 is 0 Å². The Morgan fingerprint density at radius 3 is 3.12 bits per heavy atom. The summed E-state index contributed by atoms with van der Waals surface area (Å²) in [6.07, 6.45) is 1.16. The number of rotatable bonds is 3. The highest BCUT2D eigenvalue weighted by Crippen LogP contribution is 2.26. The van der Waals surface area contributed by atoms with Crippen LogP contribution in [0.2, 0.25) is 0 Å². The molecule has 1 aliphatic rings. The summed E-state index contributed by atoms with van der Waals surface area (Å²) in [5.74, 6) is 0. The maximum absolute atomic E-state index is 11.5. The van der Waals surface area contributed by atoms with Crippen molar-refractivity contribution in [3.05, 3.63) is 42.5 Å². The number of cyclic esters (lactones) is 1. The van der Waals surface area contributed by atoms with Crippen molar-refractivity contribution in [3.63, 3.8) is 0 Å². The summed E-state index contributed by atoms with van der Waals surface area (Å²) in [6, 6.07) is 7.40. The molecule has 1 saturated heterocycles. The molecule has 84 valence electrons. The second kappa shape index (κ2) is 4.26. The molecule has 1 aromatic rings. The molecule has 1 heterocycles. The van der Waals surface area contributed by atoms with E-state index in [-0.39, 0.29) is 12.2 Å². The fraction of sp³-hybridized carbons (Fsp3) is 0.250. The monoisotopic (exact) mass is 218 g/mol. The lowest BCUT2D eigenvalue weighted by molar-refractivity contribution is 0.134. The Balaban J connectivity index is 2.13. The van der Waals surface area contributed by atoms with E-state index in [4.69, 9.17) is 10.5 Å². The average molecular weight is 218 g/mol.